The van der Waals surface area contributed by atoms with Crippen LogP contribution in [0.15, 0.2) is 38.6 Å². The highest BCUT2D eigenvalue weighted by Gasteiger charge is 2.28. The third-order valence-corrected chi connectivity index (χ3v) is 7.55. The lowest BCUT2D eigenvalue weighted by Gasteiger charge is -2.16. The number of nitrogens with one attached hydrogen (secondary N) is 1. The molecule has 1 aromatic heterocycles. The van der Waals surface area contributed by atoms with Gasteiger partial charge in [-0.25, -0.2) is 16.8 Å². The Morgan fingerprint density at radius 1 is 1.12 bits per heavy atom. The lowest BCUT2D eigenvalue weighted by Crippen LogP contribution is -2.28. The average molecular weight is 385 g/mol. The summed E-state index contributed by atoms with van der Waals surface area (Å²) in [4.78, 5) is 0.0219. The van der Waals surface area contributed by atoms with E-state index in [1.165, 1.54) is 42.4 Å². The number of sulfonamides is 2. The van der Waals surface area contributed by atoms with E-state index in [0.717, 1.165) is 12.8 Å². The van der Waals surface area contributed by atoms with Crippen LogP contribution in [0.1, 0.15) is 24.3 Å². The number of nitrogens with zero attached hydrogens (tertiary/aromatic N) is 2. The maximum absolute atomic E-state index is 12.6. The first-order valence-electron chi connectivity index (χ1n) is 7.78. The molecule has 0 saturated carbocycles. The molecule has 1 aliphatic heterocycles. The average Bonchev–Trinajstić information content (AvgIpc) is 3.17. The fraction of sp³-hybridized carbons (Fsp3) is 0.400. The molecule has 25 heavy (non-hydrogen) atoms. The molecule has 2 heterocycles. The first-order chi connectivity index (χ1) is 11.7. The molecule has 1 aliphatic rings. The summed E-state index contributed by atoms with van der Waals surface area (Å²) in [5.74, 6) is 0.172. The summed E-state index contributed by atoms with van der Waals surface area (Å²) in [6, 6.07) is 5.79. The van der Waals surface area contributed by atoms with E-state index in [-0.39, 0.29) is 26.9 Å². The van der Waals surface area contributed by atoms with Crippen LogP contribution in [0, 0.1) is 13.8 Å². The number of hydrogen-bond donors (Lipinski definition) is 1. The van der Waals surface area contributed by atoms with E-state index in [9.17, 15) is 16.8 Å². The Labute approximate surface area is 146 Å². The molecule has 0 amide bonds. The number of aromatic nitrogens is 1. The highest BCUT2D eigenvalue weighted by molar-refractivity contribution is 7.92. The van der Waals surface area contributed by atoms with Gasteiger partial charge < -0.3 is 4.52 Å². The third-order valence-electron chi connectivity index (χ3n) is 4.03. The lowest BCUT2D eigenvalue weighted by molar-refractivity contribution is 0.390. The van der Waals surface area contributed by atoms with Crippen molar-refractivity contribution in [2.75, 3.05) is 17.8 Å². The van der Waals surface area contributed by atoms with Crippen molar-refractivity contribution in [2.45, 2.75) is 36.5 Å². The SMILES string of the molecule is Cc1noc(C)c1S(=O)(=O)Nc1cccc(S(=O)(=O)N2CCCC2)c1. The maximum atomic E-state index is 12.6. The molecule has 1 aromatic carbocycles. The molecule has 1 N–H and O–H groups in total. The number of hydrogen-bond acceptors (Lipinski definition) is 6. The van der Waals surface area contributed by atoms with Gasteiger partial charge in [-0.2, -0.15) is 4.31 Å². The third kappa shape index (κ3) is 3.42. The molecule has 3 rings (SSSR count). The fourth-order valence-corrected chi connectivity index (χ4v) is 5.81. The van der Waals surface area contributed by atoms with Crippen molar-refractivity contribution in [3.8, 4) is 0 Å². The van der Waals surface area contributed by atoms with Crippen LogP contribution in [0.4, 0.5) is 5.69 Å². The molecule has 0 unspecified atom stereocenters. The Balaban J connectivity index is 1.92. The van der Waals surface area contributed by atoms with Crippen molar-refractivity contribution in [1.29, 1.82) is 0 Å². The lowest BCUT2D eigenvalue weighted by atomic mass is 10.3. The van der Waals surface area contributed by atoms with Gasteiger partial charge in [0.25, 0.3) is 10.0 Å². The van der Waals surface area contributed by atoms with Crippen molar-refractivity contribution in [2.24, 2.45) is 0 Å². The zero-order valence-electron chi connectivity index (χ0n) is 13.9. The highest BCUT2D eigenvalue weighted by atomic mass is 32.2. The van der Waals surface area contributed by atoms with Crippen LogP contribution in [-0.4, -0.2) is 39.4 Å². The van der Waals surface area contributed by atoms with Crippen molar-refractivity contribution in [3.05, 3.63) is 35.7 Å². The van der Waals surface area contributed by atoms with Crippen LogP contribution < -0.4 is 4.72 Å². The second kappa shape index (κ2) is 6.43. The fourth-order valence-electron chi connectivity index (χ4n) is 2.86. The monoisotopic (exact) mass is 385 g/mol. The molecule has 2 aromatic rings. The molecule has 1 fully saturated rings. The normalized spacial score (nSPS) is 16.2. The van der Waals surface area contributed by atoms with Crippen molar-refractivity contribution in [1.82, 2.24) is 9.46 Å². The van der Waals surface area contributed by atoms with E-state index in [0.29, 0.717) is 13.1 Å². The molecular formula is C15H19N3O5S2. The van der Waals surface area contributed by atoms with Crippen LogP contribution in [0.5, 0.6) is 0 Å². The Hall–Kier alpha value is -1.91. The minimum Gasteiger partial charge on any atom is -0.360 e. The Kier molecular flexibility index (Phi) is 4.60. The van der Waals surface area contributed by atoms with Crippen LogP contribution in [0.3, 0.4) is 0 Å². The van der Waals surface area contributed by atoms with Gasteiger partial charge in [0, 0.05) is 13.1 Å². The van der Waals surface area contributed by atoms with Gasteiger partial charge >= 0.3 is 0 Å². The van der Waals surface area contributed by atoms with Crippen LogP contribution in [-0.2, 0) is 20.0 Å². The maximum Gasteiger partial charge on any atom is 0.267 e. The van der Waals surface area contributed by atoms with Gasteiger partial charge in [0.1, 0.15) is 5.69 Å². The highest BCUT2D eigenvalue weighted by Crippen LogP contribution is 2.26. The Bertz CT molecular complexity index is 970. The van der Waals surface area contributed by atoms with E-state index >= 15 is 0 Å². The summed E-state index contributed by atoms with van der Waals surface area (Å²) in [6.45, 7) is 4.00. The molecule has 1 saturated heterocycles. The predicted octanol–water partition coefficient (Wildman–Crippen LogP) is 1.88. The van der Waals surface area contributed by atoms with Crippen LogP contribution >= 0.6 is 0 Å². The van der Waals surface area contributed by atoms with E-state index in [4.69, 9.17) is 4.52 Å². The molecule has 0 aliphatic carbocycles. The number of aryl methyl sites for hydroxylation is 2. The van der Waals surface area contributed by atoms with E-state index in [1.54, 1.807) is 0 Å². The van der Waals surface area contributed by atoms with Crippen LogP contribution in [0.2, 0.25) is 0 Å². The van der Waals surface area contributed by atoms with Gasteiger partial charge in [0.15, 0.2) is 10.7 Å². The molecule has 10 heteroatoms. The standard InChI is InChI=1S/C15H19N3O5S2/c1-11-15(12(2)23-16-11)24(19,20)17-13-6-5-7-14(10-13)25(21,22)18-8-3-4-9-18/h5-7,10,17H,3-4,8-9H2,1-2H3. The number of benzene rings is 1. The molecule has 0 bridgehead atoms. The van der Waals surface area contributed by atoms with Crippen molar-refractivity contribution < 1.29 is 21.4 Å². The van der Waals surface area contributed by atoms with Gasteiger partial charge in [0.2, 0.25) is 10.0 Å². The summed E-state index contributed by atoms with van der Waals surface area (Å²) in [6.07, 6.45) is 1.66. The summed E-state index contributed by atoms with van der Waals surface area (Å²) in [5.41, 5.74) is 0.408. The predicted molar refractivity (Wildman–Crippen MR) is 91.2 cm³/mol. The summed E-state index contributed by atoms with van der Waals surface area (Å²) < 4.78 is 59.0. The minimum atomic E-state index is -3.93. The quantitative estimate of drug-likeness (QED) is 0.841. The van der Waals surface area contributed by atoms with Gasteiger partial charge in [-0.15, -0.1) is 0 Å². The minimum absolute atomic E-state index is 0.0414. The molecular weight excluding hydrogens is 366 g/mol. The van der Waals surface area contributed by atoms with E-state index in [1.807, 2.05) is 0 Å². The number of rotatable bonds is 5. The second-order valence-electron chi connectivity index (χ2n) is 5.90. The molecule has 0 radical (unpaired) electrons. The molecule has 0 spiro atoms. The second-order valence-corrected chi connectivity index (χ2v) is 9.45. The van der Waals surface area contributed by atoms with Gasteiger partial charge in [-0.1, -0.05) is 11.2 Å². The molecule has 136 valence electrons. The first kappa shape index (κ1) is 17.9. The summed E-state index contributed by atoms with van der Waals surface area (Å²) >= 11 is 0. The summed E-state index contributed by atoms with van der Waals surface area (Å²) in [5, 5.41) is 3.64. The Morgan fingerprint density at radius 3 is 2.40 bits per heavy atom. The van der Waals surface area contributed by atoms with Crippen molar-refractivity contribution in [3.63, 3.8) is 0 Å². The summed E-state index contributed by atoms with van der Waals surface area (Å²) in [7, 11) is -7.55. The smallest absolute Gasteiger partial charge is 0.267 e. The molecule has 8 nitrogen and oxygen atoms in total. The van der Waals surface area contributed by atoms with Gasteiger partial charge in [-0.3, -0.25) is 4.72 Å². The van der Waals surface area contributed by atoms with Crippen LogP contribution in [0.25, 0.3) is 0 Å². The van der Waals surface area contributed by atoms with Gasteiger partial charge in [0.05, 0.1) is 10.6 Å². The zero-order valence-corrected chi connectivity index (χ0v) is 15.5. The van der Waals surface area contributed by atoms with Crippen molar-refractivity contribution >= 4 is 25.7 Å². The van der Waals surface area contributed by atoms with E-state index in [2.05, 4.69) is 9.88 Å². The number of anilines is 1. The van der Waals surface area contributed by atoms with E-state index < -0.39 is 20.0 Å². The van der Waals surface area contributed by atoms with Gasteiger partial charge in [-0.05, 0) is 44.9 Å². The molecule has 0 atom stereocenters. The topological polar surface area (TPSA) is 110 Å². The Morgan fingerprint density at radius 2 is 1.80 bits per heavy atom. The zero-order chi connectivity index (χ0) is 18.2. The first-order valence-corrected chi connectivity index (χ1v) is 10.7. The largest absolute Gasteiger partial charge is 0.360 e.